The highest BCUT2D eigenvalue weighted by Gasteiger charge is 2.19. The molecule has 0 aliphatic heterocycles. The number of hydrogen-bond donors (Lipinski definition) is 2. The number of pyridine rings is 1. The Balaban J connectivity index is 2.46. The number of hydrogen-bond acceptors (Lipinski definition) is 4. The van der Waals surface area contributed by atoms with E-state index in [1.165, 1.54) is 25.3 Å². The van der Waals surface area contributed by atoms with Crippen molar-refractivity contribution in [3.05, 3.63) is 45.4 Å². The lowest BCUT2D eigenvalue weighted by Crippen LogP contribution is -2.14. The first kappa shape index (κ1) is 16.0. The smallest absolute Gasteiger partial charge is 0.262 e. The molecule has 1 aromatic heterocycles. The van der Waals surface area contributed by atoms with Crippen LogP contribution in [-0.4, -0.2) is 13.4 Å². The van der Waals surface area contributed by atoms with E-state index in [1.54, 1.807) is 0 Å². The highest BCUT2D eigenvalue weighted by molar-refractivity contribution is 9.10. The molecule has 0 saturated heterocycles. The summed E-state index contributed by atoms with van der Waals surface area (Å²) in [5.74, 6) is -0.700. The molecule has 0 bridgehead atoms. The first-order valence-electron chi connectivity index (χ1n) is 5.60. The minimum absolute atomic E-state index is 0.0256. The van der Waals surface area contributed by atoms with Crippen molar-refractivity contribution in [1.82, 2.24) is 4.98 Å². The fourth-order valence-electron chi connectivity index (χ4n) is 1.53. The van der Waals surface area contributed by atoms with E-state index < -0.39 is 15.8 Å². The van der Waals surface area contributed by atoms with Crippen molar-refractivity contribution >= 4 is 48.9 Å². The average molecular weight is 395 g/mol. The van der Waals surface area contributed by atoms with E-state index in [0.29, 0.717) is 4.47 Å². The van der Waals surface area contributed by atoms with E-state index in [4.69, 9.17) is 17.3 Å². The molecule has 3 N–H and O–H groups in total. The van der Waals surface area contributed by atoms with Gasteiger partial charge in [-0.1, -0.05) is 11.6 Å². The summed E-state index contributed by atoms with van der Waals surface area (Å²) in [6.07, 6.45) is 1.42. The minimum atomic E-state index is -4.03. The number of nitrogens with one attached hydrogen (secondary N) is 1. The molecule has 21 heavy (non-hydrogen) atoms. The third-order valence-corrected chi connectivity index (χ3v) is 4.80. The largest absolute Gasteiger partial charge is 0.398 e. The summed E-state index contributed by atoms with van der Waals surface area (Å²) in [5, 5.41) is -0.0256. The molecule has 0 aliphatic rings. The maximum Gasteiger partial charge on any atom is 0.262 e. The van der Waals surface area contributed by atoms with Gasteiger partial charge in [-0.05, 0) is 41.1 Å². The summed E-state index contributed by atoms with van der Waals surface area (Å²) in [6.45, 7) is 1.46. The van der Waals surface area contributed by atoms with E-state index in [0.717, 1.165) is 6.07 Å². The second-order valence-corrected chi connectivity index (χ2v) is 7.17. The topological polar surface area (TPSA) is 85.1 Å². The summed E-state index contributed by atoms with van der Waals surface area (Å²) < 4.78 is 40.9. The molecule has 1 heterocycles. The van der Waals surface area contributed by atoms with Crippen LogP contribution in [0.5, 0.6) is 0 Å². The Morgan fingerprint density at radius 3 is 2.67 bits per heavy atom. The third kappa shape index (κ3) is 3.45. The van der Waals surface area contributed by atoms with Gasteiger partial charge in [-0.25, -0.2) is 17.8 Å². The maximum atomic E-state index is 13.6. The molecule has 0 unspecified atom stereocenters. The number of nitrogens with two attached hydrogens (primary N) is 1. The summed E-state index contributed by atoms with van der Waals surface area (Å²) in [6, 6.07) is 3.52. The molecule has 9 heteroatoms. The predicted molar refractivity (Wildman–Crippen MR) is 83.3 cm³/mol. The summed E-state index contributed by atoms with van der Waals surface area (Å²) in [4.78, 5) is 3.51. The molecule has 0 spiro atoms. The Labute approximate surface area is 134 Å². The van der Waals surface area contributed by atoms with Crippen molar-refractivity contribution in [1.29, 1.82) is 0 Å². The molecule has 0 saturated carbocycles. The summed E-state index contributed by atoms with van der Waals surface area (Å²) in [7, 11) is -4.03. The molecule has 2 aromatic rings. The Bertz CT molecular complexity index is 791. The van der Waals surface area contributed by atoms with E-state index in [2.05, 4.69) is 25.6 Å². The summed E-state index contributed by atoms with van der Waals surface area (Å²) in [5.41, 5.74) is 5.90. The highest BCUT2D eigenvalue weighted by atomic mass is 79.9. The molecule has 0 atom stereocenters. The van der Waals surface area contributed by atoms with Crippen molar-refractivity contribution in [3.8, 4) is 0 Å². The van der Waals surface area contributed by atoms with Gasteiger partial charge >= 0.3 is 0 Å². The van der Waals surface area contributed by atoms with Crippen LogP contribution in [0.1, 0.15) is 5.56 Å². The first-order valence-corrected chi connectivity index (χ1v) is 8.25. The minimum Gasteiger partial charge on any atom is -0.398 e. The first-order chi connectivity index (χ1) is 9.70. The number of benzene rings is 1. The fourth-order valence-corrected chi connectivity index (χ4v) is 3.17. The molecule has 112 valence electrons. The van der Waals surface area contributed by atoms with Crippen LogP contribution in [0.15, 0.2) is 33.8 Å². The SMILES string of the molecule is Cc1c(N)cc(S(=O)(=O)Nc2cc(Br)cnc2Cl)cc1F. The van der Waals surface area contributed by atoms with Crippen LogP contribution in [0.4, 0.5) is 15.8 Å². The Kier molecular flexibility index (Phi) is 4.40. The van der Waals surface area contributed by atoms with Gasteiger partial charge in [0.25, 0.3) is 10.0 Å². The monoisotopic (exact) mass is 393 g/mol. The van der Waals surface area contributed by atoms with Gasteiger partial charge in [0.15, 0.2) is 5.15 Å². The number of aromatic nitrogens is 1. The quantitative estimate of drug-likeness (QED) is 0.618. The number of nitrogens with zero attached hydrogens (tertiary/aromatic N) is 1. The number of halogens is 3. The lowest BCUT2D eigenvalue weighted by molar-refractivity contribution is 0.593. The molecule has 0 fully saturated rings. The predicted octanol–water partition coefficient (Wildman–Crippen LogP) is 3.33. The number of sulfonamides is 1. The van der Waals surface area contributed by atoms with Crippen LogP contribution >= 0.6 is 27.5 Å². The molecular weight excluding hydrogens is 385 g/mol. The van der Waals surface area contributed by atoms with Crippen molar-refractivity contribution in [2.75, 3.05) is 10.5 Å². The average Bonchev–Trinajstić information content (AvgIpc) is 2.39. The zero-order valence-corrected chi connectivity index (χ0v) is 13.9. The van der Waals surface area contributed by atoms with Gasteiger partial charge in [0.2, 0.25) is 0 Å². The van der Waals surface area contributed by atoms with Gasteiger partial charge in [0.1, 0.15) is 5.82 Å². The zero-order chi connectivity index (χ0) is 15.8. The standard InChI is InChI=1S/C12H10BrClFN3O2S/c1-6-9(15)3-8(4-10(6)16)21(19,20)18-11-2-7(13)5-17-12(11)14/h2-5,18H,16H2,1H3. The molecule has 0 radical (unpaired) electrons. The fraction of sp³-hybridized carbons (Fsp3) is 0.0833. The van der Waals surface area contributed by atoms with Crippen LogP contribution in [-0.2, 0) is 10.0 Å². The Morgan fingerprint density at radius 2 is 2.05 bits per heavy atom. The van der Waals surface area contributed by atoms with E-state index >= 15 is 0 Å². The lowest BCUT2D eigenvalue weighted by atomic mass is 10.2. The van der Waals surface area contributed by atoms with Gasteiger partial charge in [-0.3, -0.25) is 4.72 Å². The second kappa shape index (κ2) is 5.78. The molecule has 5 nitrogen and oxygen atoms in total. The zero-order valence-electron chi connectivity index (χ0n) is 10.7. The van der Waals surface area contributed by atoms with Gasteiger partial charge in [-0.2, -0.15) is 0 Å². The lowest BCUT2D eigenvalue weighted by Gasteiger charge is -2.11. The van der Waals surface area contributed by atoms with Crippen LogP contribution < -0.4 is 10.5 Å². The Morgan fingerprint density at radius 1 is 1.38 bits per heavy atom. The van der Waals surface area contributed by atoms with E-state index in [1.807, 2.05) is 0 Å². The van der Waals surface area contributed by atoms with Gasteiger partial charge in [0.05, 0.1) is 10.6 Å². The molecule has 1 aromatic carbocycles. The van der Waals surface area contributed by atoms with Gasteiger partial charge in [-0.15, -0.1) is 0 Å². The van der Waals surface area contributed by atoms with Crippen molar-refractivity contribution < 1.29 is 12.8 Å². The van der Waals surface area contributed by atoms with Crippen molar-refractivity contribution in [2.24, 2.45) is 0 Å². The highest BCUT2D eigenvalue weighted by Crippen LogP contribution is 2.27. The van der Waals surface area contributed by atoms with Crippen LogP contribution in [0.3, 0.4) is 0 Å². The van der Waals surface area contributed by atoms with E-state index in [-0.39, 0.29) is 27.0 Å². The Hall–Kier alpha value is -1.38. The van der Waals surface area contributed by atoms with E-state index in [9.17, 15) is 12.8 Å². The van der Waals surface area contributed by atoms with Crippen molar-refractivity contribution in [2.45, 2.75) is 11.8 Å². The van der Waals surface area contributed by atoms with Crippen LogP contribution in [0.2, 0.25) is 5.15 Å². The van der Waals surface area contributed by atoms with Crippen LogP contribution in [0, 0.1) is 12.7 Å². The van der Waals surface area contributed by atoms with Gasteiger partial charge < -0.3 is 5.73 Å². The third-order valence-electron chi connectivity index (χ3n) is 2.72. The normalized spacial score (nSPS) is 11.4. The number of anilines is 2. The summed E-state index contributed by atoms with van der Waals surface area (Å²) >= 11 is 8.98. The second-order valence-electron chi connectivity index (χ2n) is 4.22. The molecule has 2 rings (SSSR count). The number of rotatable bonds is 3. The van der Waals surface area contributed by atoms with Crippen molar-refractivity contribution in [3.63, 3.8) is 0 Å². The molecule has 0 amide bonds. The number of nitrogen functional groups attached to an aromatic ring is 1. The molecular formula is C12H10BrClFN3O2S. The van der Waals surface area contributed by atoms with Crippen LogP contribution in [0.25, 0.3) is 0 Å². The molecule has 0 aliphatic carbocycles. The van der Waals surface area contributed by atoms with Gasteiger partial charge in [0, 0.05) is 21.9 Å². The maximum absolute atomic E-state index is 13.6.